The Labute approximate surface area is 235 Å². The van der Waals surface area contributed by atoms with Crippen molar-refractivity contribution >= 4 is 17.9 Å². The molecule has 3 heterocycles. The van der Waals surface area contributed by atoms with Crippen LogP contribution in [0.3, 0.4) is 0 Å². The normalized spacial score (nSPS) is 23.1. The van der Waals surface area contributed by atoms with E-state index >= 15 is 0 Å². The van der Waals surface area contributed by atoms with Crippen LogP contribution in [0.25, 0.3) is 0 Å². The van der Waals surface area contributed by atoms with Gasteiger partial charge in [0.15, 0.2) is 6.79 Å². The Kier molecular flexibility index (Phi) is 9.31. The summed E-state index contributed by atoms with van der Waals surface area (Å²) in [7, 11) is 0. The summed E-state index contributed by atoms with van der Waals surface area (Å²) in [4.78, 5) is 37.1. The van der Waals surface area contributed by atoms with Crippen LogP contribution in [0.5, 0.6) is 0 Å². The number of rotatable bonds is 10. The first-order valence-electron chi connectivity index (χ1n) is 13.6. The van der Waals surface area contributed by atoms with E-state index in [-0.39, 0.29) is 31.4 Å². The van der Waals surface area contributed by atoms with Crippen LogP contribution >= 0.6 is 0 Å². The van der Waals surface area contributed by atoms with E-state index < -0.39 is 30.3 Å². The quantitative estimate of drug-likeness (QED) is 0.266. The Morgan fingerprint density at radius 3 is 1.90 bits per heavy atom. The Morgan fingerprint density at radius 2 is 1.38 bits per heavy atom. The Balaban J connectivity index is 0.00000353. The van der Waals surface area contributed by atoms with Gasteiger partial charge in [0.05, 0.1) is 38.0 Å². The molecule has 9 heteroatoms. The number of hydrogen-bond acceptors (Lipinski definition) is 6. The van der Waals surface area contributed by atoms with Crippen molar-refractivity contribution in [2.24, 2.45) is 0 Å². The lowest BCUT2D eigenvalue weighted by molar-refractivity contribution is -0.956. The molecular weight excluding hydrogens is 522 g/mol. The van der Waals surface area contributed by atoms with E-state index in [9.17, 15) is 14.4 Å². The summed E-state index contributed by atoms with van der Waals surface area (Å²) >= 11 is 0. The number of ether oxygens (including phenoxy) is 3. The fraction of sp³-hybridized carbons (Fsp3) is 0.500. The minimum absolute atomic E-state index is 0. The molecule has 0 aromatic heterocycles. The molecule has 3 aliphatic heterocycles. The molecule has 1 spiro atoms. The summed E-state index contributed by atoms with van der Waals surface area (Å²) in [5.74, 6) is -2.33. The highest BCUT2D eigenvalue weighted by Gasteiger charge is 2.57. The van der Waals surface area contributed by atoms with Crippen LogP contribution in [0.4, 0.5) is 0 Å². The predicted octanol–water partition coefficient (Wildman–Crippen LogP) is 1.16. The van der Waals surface area contributed by atoms with Crippen molar-refractivity contribution in [3.63, 3.8) is 0 Å². The maximum atomic E-state index is 14.2. The number of aliphatic carboxylic acids is 1. The van der Waals surface area contributed by atoms with E-state index in [1.54, 1.807) is 24.3 Å². The van der Waals surface area contributed by atoms with Crippen LogP contribution in [0.2, 0.25) is 0 Å². The van der Waals surface area contributed by atoms with Gasteiger partial charge in [-0.15, -0.1) is 0 Å². The summed E-state index contributed by atoms with van der Waals surface area (Å²) in [6.45, 7) is 1.96. The molecule has 5 rings (SSSR count). The maximum absolute atomic E-state index is 14.2. The first-order chi connectivity index (χ1) is 18.4. The number of nitrogens with zero attached hydrogens (tertiary/aromatic N) is 1. The number of quaternary nitrogens is 1. The number of carbonyl (C=O) groups is 3. The zero-order chi connectivity index (χ0) is 26.6. The molecule has 3 saturated heterocycles. The lowest BCUT2D eigenvalue weighted by Gasteiger charge is -2.47. The fourth-order valence-corrected chi connectivity index (χ4v) is 6.98. The number of halogens is 1. The number of hydrogen-bond donors (Lipinski definition) is 1. The van der Waals surface area contributed by atoms with Crippen molar-refractivity contribution in [3.05, 3.63) is 71.8 Å². The number of esters is 2. The van der Waals surface area contributed by atoms with Gasteiger partial charge < -0.3 is 36.2 Å². The second-order valence-electron chi connectivity index (χ2n) is 10.7. The van der Waals surface area contributed by atoms with Gasteiger partial charge in [0.2, 0.25) is 5.60 Å². The SMILES string of the molecule is O=C(O)CCC(=O)OCOC(C(=O)OC1CC2CCC(C1)[N+]21CCCC1)(c1ccccc1)c1ccccc1.[Cl-]. The lowest BCUT2D eigenvalue weighted by atomic mass is 9.85. The van der Waals surface area contributed by atoms with E-state index in [4.69, 9.17) is 19.3 Å². The molecule has 3 aliphatic rings. The van der Waals surface area contributed by atoms with Crippen molar-refractivity contribution in [2.75, 3.05) is 19.9 Å². The summed E-state index contributed by atoms with van der Waals surface area (Å²) in [6.07, 6.45) is 5.82. The second-order valence-corrected chi connectivity index (χ2v) is 10.7. The number of carboxylic acids is 1. The standard InChI is InChI=1S/C30H35NO7.ClH/c32-27(33)15-16-28(34)36-21-37-30(22-9-3-1-4-10-22,23-11-5-2-6-12-23)29(35)38-26-19-24-13-14-25(20-26)31(24)17-7-8-18-31;/h1-6,9-12,24-26H,7-8,13-21H2;1H. The number of benzene rings is 2. The Hall–Kier alpha value is -2.94. The van der Waals surface area contributed by atoms with Crippen LogP contribution in [0, 0.1) is 0 Å². The van der Waals surface area contributed by atoms with Gasteiger partial charge in [-0.25, -0.2) is 4.79 Å². The minimum Gasteiger partial charge on any atom is -1.00 e. The molecular formula is C30H36ClNO7. The van der Waals surface area contributed by atoms with Gasteiger partial charge in [0.1, 0.15) is 6.10 Å². The van der Waals surface area contributed by atoms with Gasteiger partial charge in [-0.2, -0.15) is 0 Å². The van der Waals surface area contributed by atoms with E-state index in [1.807, 2.05) is 36.4 Å². The monoisotopic (exact) mass is 557 g/mol. The molecule has 2 bridgehead atoms. The average molecular weight is 558 g/mol. The summed E-state index contributed by atoms with van der Waals surface area (Å²) in [5, 5.41) is 8.85. The third kappa shape index (κ3) is 5.83. The highest BCUT2D eigenvalue weighted by Crippen LogP contribution is 2.47. The van der Waals surface area contributed by atoms with Crippen LogP contribution < -0.4 is 12.4 Å². The average Bonchev–Trinajstić information content (AvgIpc) is 3.47. The van der Waals surface area contributed by atoms with Crippen molar-refractivity contribution < 1.29 is 50.6 Å². The van der Waals surface area contributed by atoms with Crippen LogP contribution in [-0.4, -0.2) is 65.6 Å². The number of carboxylic acid groups (broad SMARTS) is 1. The zero-order valence-electron chi connectivity index (χ0n) is 22.0. The molecule has 2 aromatic carbocycles. The molecule has 2 atom stereocenters. The predicted molar refractivity (Wildman–Crippen MR) is 138 cm³/mol. The highest BCUT2D eigenvalue weighted by molar-refractivity contribution is 5.86. The topological polar surface area (TPSA) is 99.1 Å². The maximum Gasteiger partial charge on any atom is 0.348 e. The molecule has 3 fully saturated rings. The van der Waals surface area contributed by atoms with Gasteiger partial charge in [0.25, 0.3) is 0 Å². The van der Waals surface area contributed by atoms with Gasteiger partial charge in [-0.05, 0) is 11.1 Å². The van der Waals surface area contributed by atoms with Crippen LogP contribution in [0.1, 0.15) is 62.5 Å². The van der Waals surface area contributed by atoms with Crippen LogP contribution in [0.15, 0.2) is 60.7 Å². The molecule has 1 N–H and O–H groups in total. The fourth-order valence-electron chi connectivity index (χ4n) is 6.98. The summed E-state index contributed by atoms with van der Waals surface area (Å²) in [6, 6.07) is 19.3. The van der Waals surface area contributed by atoms with Crippen LogP contribution in [-0.2, 0) is 34.2 Å². The third-order valence-electron chi connectivity index (χ3n) is 8.72. The van der Waals surface area contributed by atoms with E-state index in [0.29, 0.717) is 23.2 Å². The van der Waals surface area contributed by atoms with Gasteiger partial charge in [-0.1, -0.05) is 60.7 Å². The first kappa shape index (κ1) is 29.1. The zero-order valence-corrected chi connectivity index (χ0v) is 22.8. The molecule has 210 valence electrons. The van der Waals surface area contributed by atoms with E-state index in [0.717, 1.165) is 12.8 Å². The second kappa shape index (κ2) is 12.5. The molecule has 0 aliphatic carbocycles. The van der Waals surface area contributed by atoms with Crippen molar-refractivity contribution in [3.8, 4) is 0 Å². The van der Waals surface area contributed by atoms with Gasteiger partial charge >= 0.3 is 17.9 Å². The van der Waals surface area contributed by atoms with E-state index in [2.05, 4.69) is 0 Å². The number of piperidine rings is 1. The Bertz CT molecular complexity index is 1080. The van der Waals surface area contributed by atoms with Gasteiger partial charge in [-0.3, -0.25) is 9.59 Å². The Morgan fingerprint density at radius 1 is 0.846 bits per heavy atom. The first-order valence-corrected chi connectivity index (χ1v) is 13.6. The molecule has 8 nitrogen and oxygen atoms in total. The molecule has 39 heavy (non-hydrogen) atoms. The third-order valence-corrected chi connectivity index (χ3v) is 8.72. The lowest BCUT2D eigenvalue weighted by Crippen LogP contribution is -3.00. The minimum atomic E-state index is -1.65. The highest BCUT2D eigenvalue weighted by atomic mass is 35.5. The van der Waals surface area contributed by atoms with Crippen molar-refractivity contribution in [1.29, 1.82) is 0 Å². The molecule has 2 unspecified atom stereocenters. The molecule has 0 saturated carbocycles. The smallest absolute Gasteiger partial charge is 0.348 e. The number of carbonyl (C=O) groups excluding carboxylic acids is 2. The summed E-state index contributed by atoms with van der Waals surface area (Å²) in [5.41, 5.74) is -0.509. The van der Waals surface area contributed by atoms with Gasteiger partial charge in [0, 0.05) is 38.5 Å². The van der Waals surface area contributed by atoms with E-state index in [1.165, 1.54) is 43.3 Å². The molecule has 0 amide bonds. The van der Waals surface area contributed by atoms with Crippen molar-refractivity contribution in [1.82, 2.24) is 0 Å². The largest absolute Gasteiger partial charge is 1.00 e. The molecule has 0 radical (unpaired) electrons. The van der Waals surface area contributed by atoms with Crippen molar-refractivity contribution in [2.45, 2.75) is 75.2 Å². The molecule has 2 aromatic rings. The summed E-state index contributed by atoms with van der Waals surface area (Å²) < 4.78 is 18.9.